The lowest BCUT2D eigenvalue weighted by Crippen LogP contribution is -2.19. The van der Waals surface area contributed by atoms with Gasteiger partial charge in [0.1, 0.15) is 0 Å². The third kappa shape index (κ3) is 8.12. The quantitative estimate of drug-likeness (QED) is 0.411. The molecule has 2 N–H and O–H groups in total. The number of hydrogen-bond donors (Lipinski definition) is 2. The fraction of sp³-hybridized carbons (Fsp3) is 1.00. The molecule has 0 aromatic rings. The highest BCUT2D eigenvalue weighted by Gasteiger charge is 2.15. The van der Waals surface area contributed by atoms with Gasteiger partial charge in [-0.1, -0.05) is 0 Å². The van der Waals surface area contributed by atoms with Crippen LogP contribution in [0.4, 0.5) is 0 Å². The molecule has 80 valence electrons. The van der Waals surface area contributed by atoms with Crippen LogP contribution in [-0.4, -0.2) is 51.2 Å². The van der Waals surface area contributed by atoms with Crippen LogP contribution >= 0.6 is 0 Å². The molecular formula is C4H10O7S2. The van der Waals surface area contributed by atoms with Crippen molar-refractivity contribution in [1.29, 1.82) is 0 Å². The van der Waals surface area contributed by atoms with Crippen molar-refractivity contribution in [2.75, 3.05) is 24.7 Å². The number of rotatable bonds is 6. The molecule has 0 heterocycles. The summed E-state index contributed by atoms with van der Waals surface area (Å²) in [6.07, 6.45) is 0. The van der Waals surface area contributed by atoms with Gasteiger partial charge in [-0.25, -0.2) is 0 Å². The second-order valence-electron chi connectivity index (χ2n) is 2.09. The molecule has 0 aliphatic carbocycles. The van der Waals surface area contributed by atoms with E-state index in [2.05, 4.69) is 4.18 Å². The minimum absolute atomic E-state index is 0.423. The van der Waals surface area contributed by atoms with E-state index in [0.29, 0.717) is 0 Å². The average Bonchev–Trinajstić information content (AvgIpc) is 1.97. The van der Waals surface area contributed by atoms with E-state index in [1.165, 1.54) is 0 Å². The van der Waals surface area contributed by atoms with Crippen molar-refractivity contribution in [3.05, 3.63) is 0 Å². The lowest BCUT2D eigenvalue weighted by atomic mass is 10.8. The molecule has 9 heteroatoms. The zero-order chi connectivity index (χ0) is 10.5. The molecule has 13 heavy (non-hydrogen) atoms. The van der Waals surface area contributed by atoms with Crippen molar-refractivity contribution in [3.8, 4) is 0 Å². The Labute approximate surface area is 76.2 Å². The summed E-state index contributed by atoms with van der Waals surface area (Å²) in [5.74, 6) is -1.74. The maximum absolute atomic E-state index is 10.7. The topological polar surface area (TPSA) is 118 Å². The van der Waals surface area contributed by atoms with Crippen LogP contribution in [0.15, 0.2) is 0 Å². The van der Waals surface area contributed by atoms with Crippen LogP contribution < -0.4 is 0 Å². The Hall–Kier alpha value is -0.220. The third-order valence-electron chi connectivity index (χ3n) is 0.945. The van der Waals surface area contributed by atoms with Crippen molar-refractivity contribution in [2.24, 2.45) is 0 Å². The van der Waals surface area contributed by atoms with Gasteiger partial charge in [-0.15, -0.1) is 0 Å². The maximum Gasteiger partial charge on any atom is 0.268 e. The predicted octanol–water partition coefficient (Wildman–Crippen LogP) is -1.79. The highest BCUT2D eigenvalue weighted by Crippen LogP contribution is 1.95. The van der Waals surface area contributed by atoms with Gasteiger partial charge in [-0.2, -0.15) is 16.8 Å². The summed E-state index contributed by atoms with van der Waals surface area (Å²) in [4.78, 5) is 0. The molecule has 7 nitrogen and oxygen atoms in total. The highest BCUT2D eigenvalue weighted by atomic mass is 32.2. The maximum atomic E-state index is 10.7. The lowest BCUT2D eigenvalue weighted by molar-refractivity contribution is 0.205. The molecule has 0 rings (SSSR count). The summed E-state index contributed by atoms with van der Waals surface area (Å²) in [6.45, 7) is -0.904. The van der Waals surface area contributed by atoms with E-state index in [-0.39, 0.29) is 0 Å². The standard InChI is InChI=1S/C4H10O7S2/c5-1-2-11-13(9,10)4-3-12(6,7)8/h5H,1-4H2,(H,6,7,8). The number of aliphatic hydroxyl groups excluding tert-OH is 1. The summed E-state index contributed by atoms with van der Waals surface area (Å²) >= 11 is 0. The van der Waals surface area contributed by atoms with E-state index in [4.69, 9.17) is 9.66 Å². The van der Waals surface area contributed by atoms with E-state index in [1.54, 1.807) is 0 Å². The summed E-state index contributed by atoms with van der Waals surface area (Å²) in [5.41, 5.74) is 0. The van der Waals surface area contributed by atoms with E-state index in [1.807, 2.05) is 0 Å². The van der Waals surface area contributed by atoms with Crippen LogP contribution in [0.2, 0.25) is 0 Å². The van der Waals surface area contributed by atoms with Gasteiger partial charge in [0.15, 0.2) is 0 Å². The molecule has 0 atom stereocenters. The van der Waals surface area contributed by atoms with E-state index < -0.39 is 45.0 Å². The smallest absolute Gasteiger partial charge is 0.268 e. The van der Waals surface area contributed by atoms with Crippen LogP contribution in [0.25, 0.3) is 0 Å². The molecule has 0 aliphatic heterocycles. The average molecular weight is 234 g/mol. The Morgan fingerprint density at radius 3 is 2.00 bits per heavy atom. The molecule has 0 amide bonds. The van der Waals surface area contributed by atoms with Gasteiger partial charge in [-0.05, 0) is 0 Å². The molecule has 0 fully saturated rings. The largest absolute Gasteiger partial charge is 0.394 e. The fourth-order valence-electron chi connectivity index (χ4n) is 0.431. The van der Waals surface area contributed by atoms with Crippen LogP contribution in [-0.2, 0) is 24.4 Å². The number of hydrogen-bond acceptors (Lipinski definition) is 6. The Kier molecular flexibility index (Phi) is 4.78. The highest BCUT2D eigenvalue weighted by molar-refractivity contribution is 7.90. The first-order chi connectivity index (χ1) is 5.77. The molecule has 0 aliphatic rings. The van der Waals surface area contributed by atoms with E-state index >= 15 is 0 Å². The SMILES string of the molecule is O=S(=O)(O)CCS(=O)(=O)OCCO. The van der Waals surface area contributed by atoms with Gasteiger partial charge in [0.05, 0.1) is 24.7 Å². The fourth-order valence-corrected chi connectivity index (χ4v) is 2.54. The van der Waals surface area contributed by atoms with Crippen LogP contribution in [0.5, 0.6) is 0 Å². The van der Waals surface area contributed by atoms with Gasteiger partial charge in [0.25, 0.3) is 20.2 Å². The first-order valence-electron chi connectivity index (χ1n) is 3.20. The second kappa shape index (κ2) is 4.86. The zero-order valence-electron chi connectivity index (χ0n) is 6.58. The summed E-state index contributed by atoms with van der Waals surface area (Å²) in [5, 5.41) is 8.20. The minimum Gasteiger partial charge on any atom is -0.394 e. The first-order valence-corrected chi connectivity index (χ1v) is 6.38. The molecule has 0 saturated carbocycles. The normalized spacial score (nSPS) is 13.1. The molecule has 0 aromatic heterocycles. The number of aliphatic hydroxyl groups is 1. The minimum atomic E-state index is -4.30. The van der Waals surface area contributed by atoms with Crippen molar-refractivity contribution < 1.29 is 30.7 Å². The lowest BCUT2D eigenvalue weighted by Gasteiger charge is -2.01. The third-order valence-corrected chi connectivity index (χ3v) is 3.15. The van der Waals surface area contributed by atoms with Crippen LogP contribution in [0, 0.1) is 0 Å². The Morgan fingerprint density at radius 2 is 1.62 bits per heavy atom. The van der Waals surface area contributed by atoms with Crippen LogP contribution in [0.1, 0.15) is 0 Å². The predicted molar refractivity (Wildman–Crippen MR) is 43.2 cm³/mol. The van der Waals surface area contributed by atoms with Crippen LogP contribution in [0.3, 0.4) is 0 Å². The molecule has 0 unspecified atom stereocenters. The Morgan fingerprint density at radius 1 is 1.08 bits per heavy atom. The molecular weight excluding hydrogens is 224 g/mol. The molecule has 0 radical (unpaired) electrons. The van der Waals surface area contributed by atoms with Gasteiger partial charge in [-0.3, -0.25) is 8.74 Å². The first kappa shape index (κ1) is 12.8. The zero-order valence-corrected chi connectivity index (χ0v) is 8.21. The van der Waals surface area contributed by atoms with Crippen molar-refractivity contribution in [2.45, 2.75) is 0 Å². The van der Waals surface area contributed by atoms with Crippen molar-refractivity contribution in [1.82, 2.24) is 0 Å². The molecule has 0 spiro atoms. The van der Waals surface area contributed by atoms with Gasteiger partial charge < -0.3 is 5.11 Å². The molecule has 0 bridgehead atoms. The van der Waals surface area contributed by atoms with Crippen molar-refractivity contribution >= 4 is 20.2 Å². The summed E-state index contributed by atoms with van der Waals surface area (Å²) in [7, 11) is -8.28. The summed E-state index contributed by atoms with van der Waals surface area (Å²) in [6, 6.07) is 0. The monoisotopic (exact) mass is 234 g/mol. The second-order valence-corrected chi connectivity index (χ2v) is 5.42. The van der Waals surface area contributed by atoms with E-state index in [0.717, 1.165) is 0 Å². The van der Waals surface area contributed by atoms with Crippen molar-refractivity contribution in [3.63, 3.8) is 0 Å². The summed E-state index contributed by atoms with van der Waals surface area (Å²) < 4.78 is 54.1. The van der Waals surface area contributed by atoms with Gasteiger partial charge >= 0.3 is 0 Å². The van der Waals surface area contributed by atoms with E-state index in [9.17, 15) is 16.8 Å². The molecule has 0 saturated heterocycles. The van der Waals surface area contributed by atoms with Gasteiger partial charge in [0, 0.05) is 0 Å². The molecule has 0 aromatic carbocycles. The Balaban J connectivity index is 4.05. The van der Waals surface area contributed by atoms with Gasteiger partial charge in [0.2, 0.25) is 0 Å². The Bertz CT molecular complexity index is 326.